The molecular weight excluding hydrogens is 230 g/mol. The van der Waals surface area contributed by atoms with Gasteiger partial charge in [-0.2, -0.15) is 0 Å². The van der Waals surface area contributed by atoms with E-state index in [9.17, 15) is 9.59 Å². The smallest absolute Gasteiger partial charge is 0.244 e. The highest BCUT2D eigenvalue weighted by molar-refractivity contribution is 5.88. The number of piperidine rings is 1. The zero-order chi connectivity index (χ0) is 13.5. The molecule has 1 fully saturated rings. The maximum absolute atomic E-state index is 12.0. The first-order valence-electron chi connectivity index (χ1n) is 6.90. The number of likely N-dealkylation sites (N-methyl/N-ethyl adjacent to an activating group) is 1. The fourth-order valence-corrected chi connectivity index (χ4v) is 2.28. The Bertz CT molecular complexity index is 284. The number of carbonyl (C=O) groups is 2. The van der Waals surface area contributed by atoms with Crippen LogP contribution < -0.4 is 10.6 Å². The minimum absolute atomic E-state index is 0.00267. The molecule has 5 heteroatoms. The maximum Gasteiger partial charge on any atom is 0.244 e. The fourth-order valence-electron chi connectivity index (χ4n) is 2.28. The van der Waals surface area contributed by atoms with Crippen LogP contribution in [0.15, 0.2) is 0 Å². The van der Waals surface area contributed by atoms with Crippen LogP contribution in [0.5, 0.6) is 0 Å². The minimum Gasteiger partial charge on any atom is -0.344 e. The van der Waals surface area contributed by atoms with Crippen LogP contribution in [0.1, 0.15) is 33.6 Å². The van der Waals surface area contributed by atoms with Gasteiger partial charge in [0, 0.05) is 19.6 Å². The lowest BCUT2D eigenvalue weighted by Crippen LogP contribution is -2.50. The van der Waals surface area contributed by atoms with Crippen molar-refractivity contribution in [2.45, 2.75) is 39.7 Å². The van der Waals surface area contributed by atoms with E-state index in [1.54, 1.807) is 11.8 Å². The van der Waals surface area contributed by atoms with Crippen LogP contribution >= 0.6 is 0 Å². The number of amides is 2. The van der Waals surface area contributed by atoms with Gasteiger partial charge < -0.3 is 15.5 Å². The summed E-state index contributed by atoms with van der Waals surface area (Å²) in [5, 5.41) is 6.04. The van der Waals surface area contributed by atoms with E-state index in [1.165, 1.54) is 0 Å². The Morgan fingerprint density at radius 2 is 2.06 bits per heavy atom. The van der Waals surface area contributed by atoms with Crippen LogP contribution in [0.4, 0.5) is 0 Å². The molecule has 0 aliphatic carbocycles. The molecule has 1 aliphatic rings. The molecule has 1 rings (SSSR count). The van der Waals surface area contributed by atoms with Gasteiger partial charge in [-0.1, -0.05) is 0 Å². The fraction of sp³-hybridized carbons (Fsp3) is 0.846. The third-order valence-electron chi connectivity index (χ3n) is 3.47. The van der Waals surface area contributed by atoms with Gasteiger partial charge >= 0.3 is 0 Å². The summed E-state index contributed by atoms with van der Waals surface area (Å²) >= 11 is 0. The van der Waals surface area contributed by atoms with Gasteiger partial charge in [-0.25, -0.2) is 0 Å². The zero-order valence-corrected chi connectivity index (χ0v) is 11.7. The lowest BCUT2D eigenvalue weighted by molar-refractivity contribution is -0.136. The number of nitrogens with one attached hydrogen (secondary N) is 2. The molecule has 0 bridgehead atoms. The first kappa shape index (κ1) is 15.0. The lowest BCUT2D eigenvalue weighted by Gasteiger charge is -2.26. The van der Waals surface area contributed by atoms with E-state index in [2.05, 4.69) is 10.6 Å². The Morgan fingerprint density at radius 1 is 1.39 bits per heavy atom. The molecule has 5 nitrogen and oxygen atoms in total. The Labute approximate surface area is 109 Å². The van der Waals surface area contributed by atoms with E-state index in [0.29, 0.717) is 13.1 Å². The summed E-state index contributed by atoms with van der Waals surface area (Å²) in [5.74, 6) is -0.00183. The summed E-state index contributed by atoms with van der Waals surface area (Å²) in [6.07, 6.45) is 1.93. The average Bonchev–Trinajstić information content (AvgIpc) is 2.40. The van der Waals surface area contributed by atoms with Crippen LogP contribution in [0.2, 0.25) is 0 Å². The van der Waals surface area contributed by atoms with Crippen molar-refractivity contribution in [3.05, 3.63) is 0 Å². The second kappa shape index (κ2) is 7.36. The molecule has 0 aromatic carbocycles. The highest BCUT2D eigenvalue weighted by Crippen LogP contribution is 2.10. The molecule has 0 aromatic heterocycles. The van der Waals surface area contributed by atoms with Gasteiger partial charge in [0.15, 0.2) is 0 Å². The Hall–Kier alpha value is -1.10. The van der Waals surface area contributed by atoms with Gasteiger partial charge in [-0.3, -0.25) is 9.59 Å². The summed E-state index contributed by atoms with van der Waals surface area (Å²) < 4.78 is 0. The summed E-state index contributed by atoms with van der Waals surface area (Å²) in [6, 6.07) is -0.431. The quantitative estimate of drug-likeness (QED) is 0.745. The predicted molar refractivity (Wildman–Crippen MR) is 71.1 cm³/mol. The van der Waals surface area contributed by atoms with Crippen LogP contribution in [-0.4, -0.2) is 48.9 Å². The summed E-state index contributed by atoms with van der Waals surface area (Å²) in [6.45, 7) is 8.72. The van der Waals surface area contributed by atoms with Crippen molar-refractivity contribution in [3.63, 3.8) is 0 Å². The van der Waals surface area contributed by atoms with Crippen LogP contribution in [-0.2, 0) is 9.59 Å². The van der Waals surface area contributed by atoms with Crippen molar-refractivity contribution >= 4 is 11.8 Å². The topological polar surface area (TPSA) is 61.4 Å². The maximum atomic E-state index is 12.0. The van der Waals surface area contributed by atoms with E-state index < -0.39 is 6.04 Å². The largest absolute Gasteiger partial charge is 0.344 e. The van der Waals surface area contributed by atoms with E-state index in [-0.39, 0.29) is 17.7 Å². The van der Waals surface area contributed by atoms with E-state index >= 15 is 0 Å². The second-order valence-electron chi connectivity index (χ2n) is 4.78. The van der Waals surface area contributed by atoms with Crippen molar-refractivity contribution in [2.75, 3.05) is 26.2 Å². The van der Waals surface area contributed by atoms with Crippen LogP contribution in [0.25, 0.3) is 0 Å². The highest BCUT2D eigenvalue weighted by Gasteiger charge is 2.25. The molecule has 1 saturated heterocycles. The SMILES string of the molecule is CCN(CC)C(=O)C(C)NC(=O)[C@H]1CCCNC1. The number of carbonyl (C=O) groups excluding carboxylic acids is 2. The first-order chi connectivity index (χ1) is 8.60. The summed E-state index contributed by atoms with van der Waals surface area (Å²) in [5.41, 5.74) is 0. The number of nitrogens with zero attached hydrogens (tertiary/aromatic N) is 1. The molecule has 2 amide bonds. The van der Waals surface area contributed by atoms with Crippen LogP contribution in [0, 0.1) is 5.92 Å². The molecule has 1 aliphatic heterocycles. The molecule has 2 N–H and O–H groups in total. The molecule has 18 heavy (non-hydrogen) atoms. The predicted octanol–water partition coefficient (Wildman–Crippen LogP) is 0.359. The van der Waals surface area contributed by atoms with Crippen molar-refractivity contribution < 1.29 is 9.59 Å². The van der Waals surface area contributed by atoms with Gasteiger partial charge in [0.1, 0.15) is 6.04 Å². The van der Waals surface area contributed by atoms with Gasteiger partial charge in [-0.05, 0) is 40.2 Å². The molecule has 104 valence electrons. The number of rotatable bonds is 5. The second-order valence-corrected chi connectivity index (χ2v) is 4.78. The van der Waals surface area contributed by atoms with Gasteiger partial charge in [-0.15, -0.1) is 0 Å². The Morgan fingerprint density at radius 3 is 2.56 bits per heavy atom. The summed E-state index contributed by atoms with van der Waals surface area (Å²) in [7, 11) is 0. The van der Waals surface area contributed by atoms with Gasteiger partial charge in [0.05, 0.1) is 5.92 Å². The van der Waals surface area contributed by atoms with Gasteiger partial charge in [0.25, 0.3) is 0 Å². The third-order valence-corrected chi connectivity index (χ3v) is 3.47. The molecule has 1 heterocycles. The Balaban J connectivity index is 2.45. The molecule has 0 radical (unpaired) electrons. The zero-order valence-electron chi connectivity index (χ0n) is 11.7. The Kier molecular flexibility index (Phi) is 6.12. The summed E-state index contributed by atoms with van der Waals surface area (Å²) in [4.78, 5) is 25.7. The standard InChI is InChI=1S/C13H25N3O2/c1-4-16(5-2)13(18)10(3)15-12(17)11-7-6-8-14-9-11/h10-11,14H,4-9H2,1-3H3,(H,15,17)/t10?,11-/m0/s1. The van der Waals surface area contributed by atoms with Crippen LogP contribution in [0.3, 0.4) is 0 Å². The number of hydrogen-bond acceptors (Lipinski definition) is 3. The molecule has 2 atom stereocenters. The van der Waals surface area contributed by atoms with E-state index in [1.807, 2.05) is 13.8 Å². The van der Waals surface area contributed by atoms with E-state index in [4.69, 9.17) is 0 Å². The van der Waals surface area contributed by atoms with E-state index in [0.717, 1.165) is 25.9 Å². The van der Waals surface area contributed by atoms with Gasteiger partial charge in [0.2, 0.25) is 11.8 Å². The van der Waals surface area contributed by atoms with Crippen molar-refractivity contribution in [2.24, 2.45) is 5.92 Å². The molecule has 0 aromatic rings. The normalized spacial score (nSPS) is 21.2. The number of hydrogen-bond donors (Lipinski definition) is 2. The molecule has 1 unspecified atom stereocenters. The van der Waals surface area contributed by atoms with Crippen molar-refractivity contribution in [1.82, 2.24) is 15.5 Å². The molecule has 0 saturated carbocycles. The van der Waals surface area contributed by atoms with Crippen molar-refractivity contribution in [3.8, 4) is 0 Å². The first-order valence-corrected chi connectivity index (χ1v) is 6.90. The monoisotopic (exact) mass is 255 g/mol. The van der Waals surface area contributed by atoms with Crippen molar-refractivity contribution in [1.29, 1.82) is 0 Å². The highest BCUT2D eigenvalue weighted by atomic mass is 16.2. The minimum atomic E-state index is -0.431. The average molecular weight is 255 g/mol. The third kappa shape index (κ3) is 3.98. The molecule has 0 spiro atoms. The molecular formula is C13H25N3O2. The lowest BCUT2D eigenvalue weighted by atomic mass is 9.98.